The van der Waals surface area contributed by atoms with Gasteiger partial charge in [-0.05, 0) is 51.5 Å². The third-order valence-corrected chi connectivity index (χ3v) is 5.49. The molecule has 3 rings (SSSR count). The van der Waals surface area contributed by atoms with Crippen LogP contribution in [0.2, 0.25) is 0 Å². The van der Waals surface area contributed by atoms with Crippen LogP contribution in [0, 0.1) is 5.92 Å². The van der Waals surface area contributed by atoms with E-state index in [2.05, 4.69) is 65.0 Å². The van der Waals surface area contributed by atoms with Gasteiger partial charge in [-0.15, -0.1) is 0 Å². The molecule has 4 nitrogen and oxygen atoms in total. The zero-order valence-corrected chi connectivity index (χ0v) is 14.7. The summed E-state index contributed by atoms with van der Waals surface area (Å²) in [4.78, 5) is 5.23. The summed E-state index contributed by atoms with van der Waals surface area (Å²) >= 11 is 0. The molecule has 2 fully saturated rings. The van der Waals surface area contributed by atoms with E-state index in [4.69, 9.17) is 0 Å². The van der Waals surface area contributed by atoms with Gasteiger partial charge < -0.3 is 9.80 Å². The zero-order valence-electron chi connectivity index (χ0n) is 14.7. The SMILES string of the molecule is CCCN1CCC(N(C)CC2CNNC2c2ccccc2)CC1. The van der Waals surface area contributed by atoms with Crippen molar-refractivity contribution >= 4 is 0 Å². The zero-order chi connectivity index (χ0) is 16.1. The number of nitrogens with zero attached hydrogens (tertiary/aromatic N) is 2. The maximum atomic E-state index is 3.47. The van der Waals surface area contributed by atoms with Crippen LogP contribution in [0.4, 0.5) is 0 Å². The fourth-order valence-corrected chi connectivity index (χ4v) is 4.14. The molecule has 2 aliphatic heterocycles. The maximum Gasteiger partial charge on any atom is 0.0515 e. The summed E-state index contributed by atoms with van der Waals surface area (Å²) in [5, 5.41) is 0. The topological polar surface area (TPSA) is 30.5 Å². The van der Waals surface area contributed by atoms with Crippen LogP contribution < -0.4 is 10.9 Å². The predicted molar refractivity (Wildman–Crippen MR) is 96.2 cm³/mol. The summed E-state index contributed by atoms with van der Waals surface area (Å²) in [6.07, 6.45) is 3.92. The molecule has 0 aromatic heterocycles. The first-order chi connectivity index (χ1) is 11.3. The Labute approximate surface area is 141 Å². The molecular formula is C19H32N4. The summed E-state index contributed by atoms with van der Waals surface area (Å²) in [7, 11) is 2.32. The van der Waals surface area contributed by atoms with Crippen molar-refractivity contribution in [3.63, 3.8) is 0 Å². The maximum absolute atomic E-state index is 3.47. The molecule has 0 radical (unpaired) electrons. The first-order valence-corrected chi connectivity index (χ1v) is 9.24. The van der Waals surface area contributed by atoms with Gasteiger partial charge in [0, 0.05) is 25.0 Å². The molecule has 23 heavy (non-hydrogen) atoms. The lowest BCUT2D eigenvalue weighted by molar-refractivity contribution is 0.115. The Morgan fingerprint density at radius 1 is 1.17 bits per heavy atom. The highest BCUT2D eigenvalue weighted by molar-refractivity contribution is 5.20. The molecule has 2 heterocycles. The Bertz CT molecular complexity index is 456. The fourth-order valence-electron chi connectivity index (χ4n) is 4.14. The number of nitrogens with one attached hydrogen (secondary N) is 2. The van der Waals surface area contributed by atoms with Gasteiger partial charge in [-0.3, -0.25) is 5.43 Å². The van der Waals surface area contributed by atoms with Gasteiger partial charge in [0.25, 0.3) is 0 Å². The smallest absolute Gasteiger partial charge is 0.0515 e. The number of benzene rings is 1. The Kier molecular flexibility index (Phi) is 6.06. The van der Waals surface area contributed by atoms with Gasteiger partial charge in [0.1, 0.15) is 0 Å². The van der Waals surface area contributed by atoms with Crippen LogP contribution in [0.15, 0.2) is 30.3 Å². The molecule has 4 heteroatoms. The number of hydrogen-bond acceptors (Lipinski definition) is 4. The molecular weight excluding hydrogens is 284 g/mol. The number of piperidine rings is 1. The normalized spacial score (nSPS) is 26.9. The highest BCUT2D eigenvalue weighted by Crippen LogP contribution is 2.26. The quantitative estimate of drug-likeness (QED) is 0.843. The van der Waals surface area contributed by atoms with Crippen molar-refractivity contribution in [2.24, 2.45) is 5.92 Å². The summed E-state index contributed by atoms with van der Waals surface area (Å²) in [5.41, 5.74) is 8.24. The number of rotatable bonds is 6. The molecule has 1 aromatic carbocycles. The van der Waals surface area contributed by atoms with Crippen molar-refractivity contribution < 1.29 is 0 Å². The standard InChI is InChI=1S/C19H32N4/c1-3-11-23-12-9-18(10-13-23)22(2)15-17-14-20-21-19(17)16-7-5-4-6-8-16/h4-8,17-21H,3,9-15H2,1-2H3. The second kappa shape index (κ2) is 8.25. The fraction of sp³-hybridized carbons (Fsp3) is 0.684. The highest BCUT2D eigenvalue weighted by Gasteiger charge is 2.31. The van der Waals surface area contributed by atoms with Crippen molar-refractivity contribution in [1.29, 1.82) is 0 Å². The number of hydrogen-bond donors (Lipinski definition) is 2. The van der Waals surface area contributed by atoms with Crippen molar-refractivity contribution in [2.45, 2.75) is 38.3 Å². The molecule has 0 bridgehead atoms. The Balaban J connectivity index is 1.52. The first-order valence-electron chi connectivity index (χ1n) is 9.24. The van der Waals surface area contributed by atoms with E-state index >= 15 is 0 Å². The van der Waals surface area contributed by atoms with Crippen molar-refractivity contribution in [2.75, 3.05) is 39.8 Å². The van der Waals surface area contributed by atoms with E-state index in [0.717, 1.165) is 19.1 Å². The van der Waals surface area contributed by atoms with E-state index in [9.17, 15) is 0 Å². The molecule has 0 aliphatic carbocycles. The van der Waals surface area contributed by atoms with Gasteiger partial charge in [0.15, 0.2) is 0 Å². The summed E-state index contributed by atoms with van der Waals surface area (Å²) in [5.74, 6) is 0.635. The van der Waals surface area contributed by atoms with Gasteiger partial charge in [-0.25, -0.2) is 5.43 Å². The third-order valence-electron chi connectivity index (χ3n) is 5.49. The van der Waals surface area contributed by atoms with Crippen LogP contribution in [-0.4, -0.2) is 55.6 Å². The average Bonchev–Trinajstić information content (AvgIpc) is 3.05. The van der Waals surface area contributed by atoms with Crippen LogP contribution in [0.25, 0.3) is 0 Å². The minimum Gasteiger partial charge on any atom is -0.303 e. The molecule has 0 saturated carbocycles. The van der Waals surface area contributed by atoms with Crippen molar-refractivity contribution in [3.8, 4) is 0 Å². The van der Waals surface area contributed by atoms with E-state index < -0.39 is 0 Å². The number of hydrazine groups is 1. The Morgan fingerprint density at radius 2 is 1.91 bits per heavy atom. The lowest BCUT2D eigenvalue weighted by Crippen LogP contribution is -2.45. The minimum absolute atomic E-state index is 0.429. The van der Waals surface area contributed by atoms with Gasteiger partial charge in [0.2, 0.25) is 0 Å². The van der Waals surface area contributed by atoms with E-state index in [1.165, 1.54) is 44.5 Å². The molecule has 2 N–H and O–H groups in total. The third kappa shape index (κ3) is 4.32. The Morgan fingerprint density at radius 3 is 2.61 bits per heavy atom. The summed E-state index contributed by atoms with van der Waals surface area (Å²) < 4.78 is 0. The summed E-state index contributed by atoms with van der Waals surface area (Å²) in [6, 6.07) is 12.0. The molecule has 0 amide bonds. The molecule has 0 spiro atoms. The van der Waals surface area contributed by atoms with Crippen molar-refractivity contribution in [1.82, 2.24) is 20.7 Å². The Hall–Kier alpha value is -0.940. The monoisotopic (exact) mass is 316 g/mol. The van der Waals surface area contributed by atoms with Crippen LogP contribution in [0.1, 0.15) is 37.8 Å². The van der Waals surface area contributed by atoms with Crippen LogP contribution in [-0.2, 0) is 0 Å². The van der Waals surface area contributed by atoms with Gasteiger partial charge in [0.05, 0.1) is 6.04 Å². The minimum atomic E-state index is 0.429. The van der Waals surface area contributed by atoms with E-state index in [1.807, 2.05) is 0 Å². The molecule has 128 valence electrons. The van der Waals surface area contributed by atoms with E-state index in [0.29, 0.717) is 12.0 Å². The van der Waals surface area contributed by atoms with Gasteiger partial charge >= 0.3 is 0 Å². The molecule has 2 atom stereocenters. The van der Waals surface area contributed by atoms with Crippen LogP contribution in [0.5, 0.6) is 0 Å². The van der Waals surface area contributed by atoms with Crippen LogP contribution in [0.3, 0.4) is 0 Å². The van der Waals surface area contributed by atoms with E-state index in [-0.39, 0.29) is 0 Å². The lowest BCUT2D eigenvalue weighted by atomic mass is 9.93. The molecule has 2 saturated heterocycles. The summed E-state index contributed by atoms with van der Waals surface area (Å²) in [6.45, 7) is 8.31. The predicted octanol–water partition coefficient (Wildman–Crippen LogP) is 2.26. The molecule has 2 unspecified atom stereocenters. The molecule has 2 aliphatic rings. The lowest BCUT2D eigenvalue weighted by Gasteiger charge is -2.38. The van der Waals surface area contributed by atoms with E-state index in [1.54, 1.807) is 0 Å². The highest BCUT2D eigenvalue weighted by atomic mass is 15.4. The van der Waals surface area contributed by atoms with Crippen LogP contribution >= 0.6 is 0 Å². The second-order valence-corrected chi connectivity index (χ2v) is 7.19. The largest absolute Gasteiger partial charge is 0.303 e. The first kappa shape index (κ1) is 16.9. The van der Waals surface area contributed by atoms with Gasteiger partial charge in [-0.2, -0.15) is 0 Å². The number of likely N-dealkylation sites (tertiary alicyclic amines) is 1. The van der Waals surface area contributed by atoms with Gasteiger partial charge in [-0.1, -0.05) is 37.3 Å². The average molecular weight is 316 g/mol. The van der Waals surface area contributed by atoms with Crippen molar-refractivity contribution in [3.05, 3.63) is 35.9 Å². The molecule has 1 aromatic rings. The second-order valence-electron chi connectivity index (χ2n) is 7.19.